The van der Waals surface area contributed by atoms with E-state index in [4.69, 9.17) is 0 Å². The smallest absolute Gasteiger partial charge is 0.191 e. The molecule has 8 heteroatoms. The molecule has 164 valence electrons. The first kappa shape index (κ1) is 24.5. The van der Waals surface area contributed by atoms with Gasteiger partial charge in [0.15, 0.2) is 15.8 Å². The largest absolute Gasteiger partial charge is 0.372 e. The molecule has 1 aliphatic rings. The number of benzene rings is 2. The second-order valence-electron chi connectivity index (χ2n) is 7.50. The van der Waals surface area contributed by atoms with Crippen LogP contribution < -0.4 is 15.5 Å². The zero-order valence-corrected chi connectivity index (χ0v) is 20.9. The number of guanidine groups is 1. The van der Waals surface area contributed by atoms with E-state index in [0.29, 0.717) is 17.4 Å². The van der Waals surface area contributed by atoms with Gasteiger partial charge in [0.25, 0.3) is 0 Å². The summed E-state index contributed by atoms with van der Waals surface area (Å²) < 4.78 is 23.1. The average Bonchev–Trinajstić information content (AvgIpc) is 3.25. The van der Waals surface area contributed by atoms with Crippen LogP contribution in [-0.2, 0) is 16.4 Å². The molecule has 0 radical (unpaired) electrons. The Balaban J connectivity index is 0.00000320. The third-order valence-electron chi connectivity index (χ3n) is 5.23. The van der Waals surface area contributed by atoms with Gasteiger partial charge in [0.2, 0.25) is 0 Å². The van der Waals surface area contributed by atoms with Crippen molar-refractivity contribution in [2.24, 2.45) is 4.99 Å². The quantitative estimate of drug-likeness (QED) is 0.331. The van der Waals surface area contributed by atoms with Crippen molar-refractivity contribution >= 4 is 45.5 Å². The predicted molar refractivity (Wildman–Crippen MR) is 135 cm³/mol. The van der Waals surface area contributed by atoms with Gasteiger partial charge in [0, 0.05) is 38.6 Å². The maximum Gasteiger partial charge on any atom is 0.191 e. The number of hydrogen-bond acceptors (Lipinski definition) is 4. The van der Waals surface area contributed by atoms with Gasteiger partial charge in [-0.2, -0.15) is 0 Å². The predicted octanol–water partition coefficient (Wildman–Crippen LogP) is 3.73. The Morgan fingerprint density at radius 3 is 2.40 bits per heavy atom. The van der Waals surface area contributed by atoms with Gasteiger partial charge in [-0.3, -0.25) is 4.99 Å². The molecule has 1 unspecified atom stereocenters. The molecule has 0 bridgehead atoms. The van der Waals surface area contributed by atoms with Gasteiger partial charge >= 0.3 is 0 Å². The lowest BCUT2D eigenvalue weighted by atomic mass is 10.1. The van der Waals surface area contributed by atoms with Crippen molar-refractivity contribution in [2.45, 2.75) is 37.2 Å². The molecule has 1 aliphatic heterocycles. The van der Waals surface area contributed by atoms with Gasteiger partial charge in [0.1, 0.15) is 0 Å². The van der Waals surface area contributed by atoms with Crippen LogP contribution in [0.4, 0.5) is 5.69 Å². The molecule has 0 aliphatic carbocycles. The van der Waals surface area contributed by atoms with Crippen LogP contribution in [0.2, 0.25) is 0 Å². The molecule has 0 aromatic heterocycles. The number of aliphatic imine (C=N–C) groups is 1. The molecule has 0 saturated carbocycles. The van der Waals surface area contributed by atoms with Crippen LogP contribution in [0.3, 0.4) is 0 Å². The fraction of sp³-hybridized carbons (Fsp3) is 0.409. The van der Waals surface area contributed by atoms with Crippen molar-refractivity contribution < 1.29 is 8.42 Å². The summed E-state index contributed by atoms with van der Waals surface area (Å²) in [7, 11) is -1.43. The fourth-order valence-electron chi connectivity index (χ4n) is 3.49. The molecule has 1 fully saturated rings. The first-order valence-electron chi connectivity index (χ1n) is 9.98. The van der Waals surface area contributed by atoms with E-state index in [-0.39, 0.29) is 30.0 Å². The Kier molecular flexibility index (Phi) is 8.96. The maximum atomic E-state index is 11.6. The standard InChI is InChI=1S/C22H30N4O2S.HI/c1-17(19-7-6-8-20(15-19)26-13-4-5-14-26)25-22(23-2)24-16-18-9-11-21(12-10-18)29(3,27)28;/h6-12,15,17H,4-5,13-14,16H2,1-3H3,(H2,23,24,25);1H. The number of anilines is 1. The molecule has 30 heavy (non-hydrogen) atoms. The van der Waals surface area contributed by atoms with E-state index in [9.17, 15) is 8.42 Å². The molecule has 1 saturated heterocycles. The maximum absolute atomic E-state index is 11.6. The lowest BCUT2D eigenvalue weighted by Gasteiger charge is -2.22. The zero-order chi connectivity index (χ0) is 20.9. The summed E-state index contributed by atoms with van der Waals surface area (Å²) in [5.74, 6) is 0.705. The molecule has 3 rings (SSSR count). The number of sulfone groups is 1. The minimum absolute atomic E-state index is 0. The summed E-state index contributed by atoms with van der Waals surface area (Å²) in [5.41, 5.74) is 3.49. The summed E-state index contributed by atoms with van der Waals surface area (Å²) in [4.78, 5) is 7.08. The Hall–Kier alpha value is -1.81. The molecule has 2 aromatic rings. The van der Waals surface area contributed by atoms with E-state index in [1.54, 1.807) is 19.2 Å². The van der Waals surface area contributed by atoms with E-state index in [2.05, 4.69) is 51.7 Å². The molecular formula is C22H31IN4O2S. The molecule has 0 spiro atoms. The van der Waals surface area contributed by atoms with E-state index in [0.717, 1.165) is 18.7 Å². The Morgan fingerprint density at radius 1 is 1.13 bits per heavy atom. The van der Waals surface area contributed by atoms with Crippen LogP contribution >= 0.6 is 24.0 Å². The van der Waals surface area contributed by atoms with Gasteiger partial charge in [-0.15, -0.1) is 24.0 Å². The Morgan fingerprint density at radius 2 is 1.80 bits per heavy atom. The minimum atomic E-state index is -3.17. The third kappa shape index (κ3) is 6.60. The Bertz CT molecular complexity index is 955. The Labute approximate surface area is 197 Å². The van der Waals surface area contributed by atoms with Gasteiger partial charge < -0.3 is 15.5 Å². The second kappa shape index (κ2) is 11.0. The molecule has 2 aromatic carbocycles. The lowest BCUT2D eigenvalue weighted by Crippen LogP contribution is -2.38. The molecule has 1 heterocycles. The van der Waals surface area contributed by atoms with Crippen molar-refractivity contribution in [2.75, 3.05) is 31.3 Å². The molecule has 1 atom stereocenters. The molecule has 2 N–H and O–H groups in total. The molecule has 0 amide bonds. The number of halogens is 1. The highest BCUT2D eigenvalue weighted by Gasteiger charge is 2.14. The van der Waals surface area contributed by atoms with E-state index in [1.165, 1.54) is 30.3 Å². The fourth-order valence-corrected chi connectivity index (χ4v) is 4.12. The van der Waals surface area contributed by atoms with Crippen LogP contribution in [0.15, 0.2) is 58.4 Å². The van der Waals surface area contributed by atoms with E-state index in [1.807, 2.05) is 12.1 Å². The van der Waals surface area contributed by atoms with Gasteiger partial charge in [-0.1, -0.05) is 24.3 Å². The normalized spacial score (nSPS) is 15.4. The zero-order valence-electron chi connectivity index (χ0n) is 17.8. The average molecular weight is 542 g/mol. The minimum Gasteiger partial charge on any atom is -0.372 e. The topological polar surface area (TPSA) is 73.8 Å². The summed E-state index contributed by atoms with van der Waals surface area (Å²) in [5, 5.41) is 6.72. The first-order chi connectivity index (χ1) is 13.9. The number of nitrogens with one attached hydrogen (secondary N) is 2. The molecular weight excluding hydrogens is 511 g/mol. The highest BCUT2D eigenvalue weighted by atomic mass is 127. The monoisotopic (exact) mass is 542 g/mol. The van der Waals surface area contributed by atoms with Crippen molar-refractivity contribution in [1.82, 2.24) is 10.6 Å². The van der Waals surface area contributed by atoms with Crippen LogP contribution in [-0.4, -0.2) is 40.8 Å². The highest BCUT2D eigenvalue weighted by Crippen LogP contribution is 2.24. The second-order valence-corrected chi connectivity index (χ2v) is 9.51. The van der Waals surface area contributed by atoms with Crippen molar-refractivity contribution in [3.8, 4) is 0 Å². The van der Waals surface area contributed by atoms with Crippen LogP contribution in [0.5, 0.6) is 0 Å². The van der Waals surface area contributed by atoms with Crippen molar-refractivity contribution in [3.05, 3.63) is 59.7 Å². The van der Waals surface area contributed by atoms with Crippen molar-refractivity contribution in [3.63, 3.8) is 0 Å². The van der Waals surface area contributed by atoms with Crippen LogP contribution in [0.1, 0.15) is 36.9 Å². The number of rotatable bonds is 6. The van der Waals surface area contributed by atoms with Crippen LogP contribution in [0.25, 0.3) is 0 Å². The van der Waals surface area contributed by atoms with E-state index < -0.39 is 9.84 Å². The number of hydrogen-bond donors (Lipinski definition) is 2. The van der Waals surface area contributed by atoms with Gasteiger partial charge in [-0.25, -0.2) is 8.42 Å². The first-order valence-corrected chi connectivity index (χ1v) is 11.9. The number of nitrogens with zero attached hydrogens (tertiary/aromatic N) is 2. The SMILES string of the molecule is CN=C(NCc1ccc(S(C)(=O)=O)cc1)NC(C)c1cccc(N2CCCC2)c1.I. The van der Waals surface area contributed by atoms with Gasteiger partial charge in [0.05, 0.1) is 10.9 Å². The summed E-state index contributed by atoms with van der Waals surface area (Å²) in [6.45, 7) is 4.94. The van der Waals surface area contributed by atoms with Gasteiger partial charge in [-0.05, 0) is 55.2 Å². The van der Waals surface area contributed by atoms with Crippen molar-refractivity contribution in [1.29, 1.82) is 0 Å². The summed E-state index contributed by atoms with van der Waals surface area (Å²) >= 11 is 0. The summed E-state index contributed by atoms with van der Waals surface area (Å²) in [6.07, 6.45) is 3.74. The highest BCUT2D eigenvalue weighted by molar-refractivity contribution is 14.0. The lowest BCUT2D eigenvalue weighted by molar-refractivity contribution is 0.602. The summed E-state index contributed by atoms with van der Waals surface area (Å²) in [6, 6.07) is 15.7. The third-order valence-corrected chi connectivity index (χ3v) is 6.36. The van der Waals surface area contributed by atoms with Crippen LogP contribution in [0, 0.1) is 0 Å². The molecule has 6 nitrogen and oxygen atoms in total. The van der Waals surface area contributed by atoms with E-state index >= 15 is 0 Å².